The van der Waals surface area contributed by atoms with E-state index in [1.807, 2.05) is 54.6 Å². The average Bonchev–Trinajstić information content (AvgIpc) is 2.79. The third-order valence-electron chi connectivity index (χ3n) is 5.27. The van der Waals surface area contributed by atoms with Crippen molar-refractivity contribution in [3.8, 4) is 5.75 Å². The normalized spacial score (nSPS) is 13.1. The standard InChI is InChI=1S/C27H40BN3O5/c1-5-6-16-35-22-14-12-20(13-15-22)17-23(29-25(28)33)24(32)19-31(18-21-10-8-7-9-11-21)30-26(34)36-27(2,3)4/h7-15,23-24,32H,5-6,16-19,28H2,1-4H3,(H,29,33)(H,30,34)/t23-,24-/m1/s1. The fraction of sp³-hybridized carbons (Fsp3) is 0.481. The maximum absolute atomic E-state index is 12.5. The Labute approximate surface area is 215 Å². The number of hydrogen-bond donors (Lipinski definition) is 3. The molecule has 0 saturated carbocycles. The van der Waals surface area contributed by atoms with Gasteiger partial charge in [-0.05, 0) is 56.9 Å². The van der Waals surface area contributed by atoms with Gasteiger partial charge in [0.1, 0.15) is 11.4 Å². The number of unbranched alkanes of at least 4 members (excludes halogenated alkanes) is 1. The predicted molar refractivity (Wildman–Crippen MR) is 144 cm³/mol. The van der Waals surface area contributed by atoms with Crippen LogP contribution in [0.1, 0.15) is 51.7 Å². The number of benzene rings is 2. The maximum atomic E-state index is 12.5. The molecule has 2 amide bonds. The quantitative estimate of drug-likeness (QED) is 0.223. The number of amides is 2. The summed E-state index contributed by atoms with van der Waals surface area (Å²) >= 11 is 0. The molecule has 3 N–H and O–H groups in total. The average molecular weight is 497 g/mol. The van der Waals surface area contributed by atoms with Crippen molar-refractivity contribution < 1.29 is 24.2 Å². The van der Waals surface area contributed by atoms with Crippen LogP contribution >= 0.6 is 0 Å². The Kier molecular flexibility index (Phi) is 11.8. The number of rotatable bonds is 13. The third kappa shape index (κ3) is 11.6. The zero-order chi connectivity index (χ0) is 26.6. The van der Waals surface area contributed by atoms with Crippen LogP contribution in [-0.4, -0.2) is 60.8 Å². The summed E-state index contributed by atoms with van der Waals surface area (Å²) in [5.74, 6) is 0.549. The Hall–Kier alpha value is -3.04. The van der Waals surface area contributed by atoms with Gasteiger partial charge in [-0.25, -0.2) is 9.80 Å². The van der Waals surface area contributed by atoms with Gasteiger partial charge < -0.3 is 19.9 Å². The van der Waals surface area contributed by atoms with Crippen LogP contribution < -0.4 is 15.5 Å². The number of carbonyl (C=O) groups excluding carboxylic acids is 2. The molecule has 9 heteroatoms. The lowest BCUT2D eigenvalue weighted by molar-refractivity contribution is 0.0156. The molecule has 0 spiro atoms. The molecule has 0 aromatic heterocycles. The van der Waals surface area contributed by atoms with E-state index in [1.54, 1.807) is 25.8 Å². The van der Waals surface area contributed by atoms with Crippen molar-refractivity contribution in [1.29, 1.82) is 0 Å². The number of hydrogen-bond acceptors (Lipinski definition) is 6. The molecule has 36 heavy (non-hydrogen) atoms. The molecule has 2 rings (SSSR count). The van der Waals surface area contributed by atoms with E-state index in [9.17, 15) is 14.7 Å². The second kappa shape index (κ2) is 14.5. The van der Waals surface area contributed by atoms with Gasteiger partial charge in [0.25, 0.3) is 0 Å². The summed E-state index contributed by atoms with van der Waals surface area (Å²) in [6.07, 6.45) is 0.906. The minimum Gasteiger partial charge on any atom is -0.494 e. The Morgan fingerprint density at radius 1 is 1.06 bits per heavy atom. The highest BCUT2D eigenvalue weighted by Gasteiger charge is 2.25. The first-order valence-corrected chi connectivity index (χ1v) is 12.5. The molecule has 0 aliphatic rings. The van der Waals surface area contributed by atoms with E-state index < -0.39 is 23.8 Å². The number of nitrogens with one attached hydrogen (secondary N) is 2. The van der Waals surface area contributed by atoms with Gasteiger partial charge in [-0.2, -0.15) is 0 Å². The van der Waals surface area contributed by atoms with E-state index in [4.69, 9.17) is 9.47 Å². The lowest BCUT2D eigenvalue weighted by Crippen LogP contribution is -2.53. The predicted octanol–water partition coefficient (Wildman–Crippen LogP) is 3.42. The van der Waals surface area contributed by atoms with E-state index in [-0.39, 0.29) is 12.4 Å². The molecular weight excluding hydrogens is 457 g/mol. The summed E-state index contributed by atoms with van der Waals surface area (Å²) in [5, 5.41) is 15.6. The highest BCUT2D eigenvalue weighted by atomic mass is 16.6. The monoisotopic (exact) mass is 497 g/mol. The molecule has 196 valence electrons. The van der Waals surface area contributed by atoms with Gasteiger partial charge in [-0.1, -0.05) is 55.8 Å². The zero-order valence-electron chi connectivity index (χ0n) is 22.1. The van der Waals surface area contributed by atoms with E-state index in [1.165, 1.54) is 7.85 Å². The smallest absolute Gasteiger partial charge is 0.422 e. The number of hydrazine groups is 1. The zero-order valence-corrected chi connectivity index (χ0v) is 22.1. The van der Waals surface area contributed by atoms with Crippen LogP contribution in [-0.2, 0) is 17.7 Å². The van der Waals surface area contributed by atoms with Crippen molar-refractivity contribution in [3.05, 3.63) is 65.7 Å². The number of aliphatic hydroxyl groups is 1. The molecule has 0 aliphatic carbocycles. The van der Waals surface area contributed by atoms with Crippen molar-refractivity contribution >= 4 is 19.7 Å². The SMILES string of the molecule is BC(=O)N[C@H](Cc1ccc(OCCCC)cc1)[C@H](O)CN(Cc1ccccc1)NC(=O)OC(C)(C)C. The molecule has 0 aliphatic heterocycles. The Bertz CT molecular complexity index is 935. The summed E-state index contributed by atoms with van der Waals surface area (Å²) in [5.41, 5.74) is 3.98. The Morgan fingerprint density at radius 3 is 2.31 bits per heavy atom. The molecular formula is C27H40BN3O5. The topological polar surface area (TPSA) is 100 Å². The first kappa shape index (κ1) is 29.2. The number of aliphatic hydroxyl groups excluding tert-OH is 1. The van der Waals surface area contributed by atoms with Crippen LogP contribution in [0.2, 0.25) is 0 Å². The van der Waals surface area contributed by atoms with Crippen LogP contribution in [0.3, 0.4) is 0 Å². The highest BCUT2D eigenvalue weighted by Crippen LogP contribution is 2.16. The third-order valence-corrected chi connectivity index (χ3v) is 5.27. The lowest BCUT2D eigenvalue weighted by Gasteiger charge is -2.31. The molecule has 0 radical (unpaired) electrons. The fourth-order valence-corrected chi connectivity index (χ4v) is 3.59. The van der Waals surface area contributed by atoms with Crippen LogP contribution in [0.4, 0.5) is 9.59 Å². The summed E-state index contributed by atoms with van der Waals surface area (Å²) in [6.45, 7) is 8.58. The molecule has 2 aromatic carbocycles. The Morgan fingerprint density at radius 2 is 1.72 bits per heavy atom. The molecule has 8 nitrogen and oxygen atoms in total. The van der Waals surface area contributed by atoms with Crippen LogP contribution in [0.15, 0.2) is 54.6 Å². The summed E-state index contributed by atoms with van der Waals surface area (Å²) < 4.78 is 11.1. The van der Waals surface area contributed by atoms with E-state index in [2.05, 4.69) is 17.7 Å². The van der Waals surface area contributed by atoms with Crippen molar-refractivity contribution in [1.82, 2.24) is 15.8 Å². The van der Waals surface area contributed by atoms with Crippen molar-refractivity contribution in [2.45, 2.75) is 71.2 Å². The second-order valence-corrected chi connectivity index (χ2v) is 9.90. The molecule has 0 fully saturated rings. The molecule has 0 bridgehead atoms. The molecule has 0 saturated heterocycles. The second-order valence-electron chi connectivity index (χ2n) is 9.90. The van der Waals surface area contributed by atoms with Crippen LogP contribution in [0, 0.1) is 0 Å². The summed E-state index contributed by atoms with van der Waals surface area (Å²) in [4.78, 5) is 24.4. The van der Waals surface area contributed by atoms with Crippen LogP contribution in [0.25, 0.3) is 0 Å². The Balaban J connectivity index is 2.11. The van der Waals surface area contributed by atoms with Gasteiger partial charge in [0, 0.05) is 13.1 Å². The first-order valence-electron chi connectivity index (χ1n) is 12.5. The summed E-state index contributed by atoms with van der Waals surface area (Å²) in [7, 11) is 1.42. The molecule has 2 atom stereocenters. The van der Waals surface area contributed by atoms with Gasteiger partial charge in [0.2, 0.25) is 7.85 Å². The first-order chi connectivity index (χ1) is 17.1. The number of carbonyl (C=O) groups is 2. The van der Waals surface area contributed by atoms with Gasteiger partial charge in [-0.15, -0.1) is 0 Å². The highest BCUT2D eigenvalue weighted by molar-refractivity contribution is 6.57. The van der Waals surface area contributed by atoms with E-state index >= 15 is 0 Å². The minimum atomic E-state index is -0.965. The van der Waals surface area contributed by atoms with E-state index in [0.717, 1.165) is 29.7 Å². The maximum Gasteiger partial charge on any atom is 0.422 e. The van der Waals surface area contributed by atoms with Gasteiger partial charge in [-0.3, -0.25) is 10.2 Å². The van der Waals surface area contributed by atoms with Crippen molar-refractivity contribution in [2.24, 2.45) is 0 Å². The lowest BCUT2D eigenvalue weighted by atomic mass is 9.98. The molecule has 2 aromatic rings. The summed E-state index contributed by atoms with van der Waals surface area (Å²) in [6, 6.07) is 16.7. The van der Waals surface area contributed by atoms with Gasteiger partial charge in [0.15, 0.2) is 5.81 Å². The molecule has 0 heterocycles. The van der Waals surface area contributed by atoms with E-state index in [0.29, 0.717) is 19.6 Å². The number of ether oxygens (including phenoxy) is 2. The van der Waals surface area contributed by atoms with Gasteiger partial charge >= 0.3 is 6.09 Å². The minimum absolute atomic E-state index is 0.0807. The van der Waals surface area contributed by atoms with Crippen molar-refractivity contribution in [3.63, 3.8) is 0 Å². The fourth-order valence-electron chi connectivity index (χ4n) is 3.59. The number of nitrogens with zero attached hydrogens (tertiary/aromatic N) is 1. The van der Waals surface area contributed by atoms with Crippen LogP contribution in [0.5, 0.6) is 5.75 Å². The van der Waals surface area contributed by atoms with Crippen molar-refractivity contribution in [2.75, 3.05) is 13.2 Å². The van der Waals surface area contributed by atoms with Gasteiger partial charge in [0.05, 0.1) is 18.8 Å². The molecule has 0 unspecified atom stereocenters. The largest absolute Gasteiger partial charge is 0.494 e.